The summed E-state index contributed by atoms with van der Waals surface area (Å²) in [5, 5.41) is 3.41. The fraction of sp³-hybridized carbons (Fsp3) is 0.600. The van der Waals surface area contributed by atoms with E-state index < -0.39 is 0 Å². The van der Waals surface area contributed by atoms with Crippen molar-refractivity contribution in [3.63, 3.8) is 0 Å². The molecule has 4 nitrogen and oxygen atoms in total. The fourth-order valence-electron chi connectivity index (χ4n) is 1.63. The van der Waals surface area contributed by atoms with Crippen molar-refractivity contribution in [1.29, 1.82) is 0 Å². The van der Waals surface area contributed by atoms with Crippen molar-refractivity contribution in [3.8, 4) is 17.2 Å². The molecule has 1 rings (SSSR count). The molecule has 0 spiro atoms. The van der Waals surface area contributed by atoms with Crippen LogP contribution >= 0.6 is 0 Å². The zero-order valence-corrected chi connectivity index (χ0v) is 12.7. The Morgan fingerprint density at radius 3 is 2.05 bits per heavy atom. The van der Waals surface area contributed by atoms with E-state index in [1.165, 1.54) is 0 Å². The van der Waals surface area contributed by atoms with E-state index in [1.807, 2.05) is 25.1 Å². The molecule has 0 aliphatic heterocycles. The number of benzene rings is 1. The van der Waals surface area contributed by atoms with Gasteiger partial charge in [-0.25, -0.2) is 0 Å². The summed E-state index contributed by atoms with van der Waals surface area (Å²) in [6.07, 6.45) is 0.0180. The van der Waals surface area contributed by atoms with Crippen LogP contribution in [0, 0.1) is 0 Å². The minimum Gasteiger partial charge on any atom is -0.493 e. The first kappa shape index (κ1) is 15.6. The van der Waals surface area contributed by atoms with Crippen molar-refractivity contribution < 1.29 is 14.2 Å². The van der Waals surface area contributed by atoms with Crippen molar-refractivity contribution >= 4 is 0 Å². The average Bonchev–Trinajstić information content (AvgIpc) is 2.35. The number of nitrogens with one attached hydrogen (secondary N) is 1. The zero-order chi connectivity index (χ0) is 14.5. The zero-order valence-electron chi connectivity index (χ0n) is 12.7. The topological polar surface area (TPSA) is 39.7 Å². The molecule has 0 bridgehead atoms. The molecule has 0 aliphatic rings. The maximum atomic E-state index is 5.94. The smallest absolute Gasteiger partial charge is 0.203 e. The first-order valence-corrected chi connectivity index (χ1v) is 6.50. The van der Waals surface area contributed by atoms with Crippen LogP contribution in [0.15, 0.2) is 18.2 Å². The quantitative estimate of drug-likeness (QED) is 0.860. The van der Waals surface area contributed by atoms with Crippen molar-refractivity contribution in [2.24, 2.45) is 0 Å². The average molecular weight is 267 g/mol. The van der Waals surface area contributed by atoms with E-state index in [-0.39, 0.29) is 11.6 Å². The molecular formula is C15H25NO3. The minimum atomic E-state index is 0.0180. The van der Waals surface area contributed by atoms with Gasteiger partial charge in [-0.1, -0.05) is 6.07 Å². The number of para-hydroxylation sites is 1. The molecule has 0 heterocycles. The van der Waals surface area contributed by atoms with E-state index in [1.54, 1.807) is 14.2 Å². The van der Waals surface area contributed by atoms with Crippen LogP contribution in [0.5, 0.6) is 17.2 Å². The predicted molar refractivity (Wildman–Crippen MR) is 77.4 cm³/mol. The second-order valence-electron chi connectivity index (χ2n) is 5.55. The Balaban J connectivity index is 2.75. The number of hydrogen-bond donors (Lipinski definition) is 1. The summed E-state index contributed by atoms with van der Waals surface area (Å²) in [4.78, 5) is 0. The molecule has 0 aliphatic carbocycles. The standard InChI is InChI=1S/C15H25NO3/c1-11(10-16-15(2,3)4)19-14-12(17-5)8-7-9-13(14)18-6/h7-9,11,16H,10H2,1-6H3. The lowest BCUT2D eigenvalue weighted by atomic mass is 10.1. The molecule has 0 saturated heterocycles. The molecule has 1 aromatic carbocycles. The SMILES string of the molecule is COc1cccc(OC)c1OC(C)CNC(C)(C)C. The lowest BCUT2D eigenvalue weighted by molar-refractivity contribution is 0.187. The molecule has 0 radical (unpaired) electrons. The van der Waals surface area contributed by atoms with Gasteiger partial charge in [0.05, 0.1) is 14.2 Å². The van der Waals surface area contributed by atoms with E-state index in [9.17, 15) is 0 Å². The predicted octanol–water partition coefficient (Wildman–Crippen LogP) is 2.86. The third kappa shape index (κ3) is 4.99. The summed E-state index contributed by atoms with van der Waals surface area (Å²) in [5.41, 5.74) is 0.0719. The largest absolute Gasteiger partial charge is 0.493 e. The second kappa shape index (κ2) is 6.66. The summed E-state index contributed by atoms with van der Waals surface area (Å²) in [5.74, 6) is 2.01. The number of rotatable bonds is 6. The Bertz CT molecular complexity index is 377. The molecular weight excluding hydrogens is 242 g/mol. The van der Waals surface area contributed by atoms with Crippen LogP contribution < -0.4 is 19.5 Å². The van der Waals surface area contributed by atoms with Crippen LogP contribution in [0.1, 0.15) is 27.7 Å². The lowest BCUT2D eigenvalue weighted by Gasteiger charge is -2.25. The highest BCUT2D eigenvalue weighted by molar-refractivity contribution is 5.51. The highest BCUT2D eigenvalue weighted by Crippen LogP contribution is 2.37. The third-order valence-electron chi connectivity index (χ3n) is 2.62. The maximum Gasteiger partial charge on any atom is 0.203 e. The van der Waals surface area contributed by atoms with Gasteiger partial charge in [0.15, 0.2) is 11.5 Å². The van der Waals surface area contributed by atoms with Gasteiger partial charge < -0.3 is 19.5 Å². The van der Waals surface area contributed by atoms with Gasteiger partial charge in [-0.05, 0) is 39.8 Å². The Labute approximate surface area is 116 Å². The molecule has 0 amide bonds. The van der Waals surface area contributed by atoms with Crippen molar-refractivity contribution in [2.45, 2.75) is 39.3 Å². The molecule has 0 aromatic heterocycles. The molecule has 19 heavy (non-hydrogen) atoms. The molecule has 4 heteroatoms. The van der Waals surface area contributed by atoms with Crippen LogP contribution in [-0.4, -0.2) is 32.4 Å². The Morgan fingerprint density at radius 2 is 1.63 bits per heavy atom. The van der Waals surface area contributed by atoms with Crippen molar-refractivity contribution in [3.05, 3.63) is 18.2 Å². The van der Waals surface area contributed by atoms with Gasteiger partial charge in [0.25, 0.3) is 0 Å². The van der Waals surface area contributed by atoms with Gasteiger partial charge in [-0.15, -0.1) is 0 Å². The lowest BCUT2D eigenvalue weighted by Crippen LogP contribution is -2.41. The molecule has 1 atom stereocenters. The van der Waals surface area contributed by atoms with E-state index >= 15 is 0 Å². The fourth-order valence-corrected chi connectivity index (χ4v) is 1.63. The maximum absolute atomic E-state index is 5.94. The van der Waals surface area contributed by atoms with Crippen LogP contribution in [-0.2, 0) is 0 Å². The van der Waals surface area contributed by atoms with Crippen molar-refractivity contribution in [1.82, 2.24) is 5.32 Å². The second-order valence-corrected chi connectivity index (χ2v) is 5.55. The van der Waals surface area contributed by atoms with E-state index in [0.29, 0.717) is 17.2 Å². The van der Waals surface area contributed by atoms with E-state index in [2.05, 4.69) is 26.1 Å². The minimum absolute atomic E-state index is 0.0180. The summed E-state index contributed by atoms with van der Waals surface area (Å²) < 4.78 is 16.6. The first-order chi connectivity index (χ1) is 8.87. The van der Waals surface area contributed by atoms with Gasteiger partial charge in [0.1, 0.15) is 6.10 Å². The number of hydrogen-bond acceptors (Lipinski definition) is 4. The molecule has 108 valence electrons. The summed E-state index contributed by atoms with van der Waals surface area (Å²) in [7, 11) is 3.25. The molecule has 1 N–H and O–H groups in total. The van der Waals surface area contributed by atoms with Gasteiger partial charge in [-0.2, -0.15) is 0 Å². The van der Waals surface area contributed by atoms with Crippen molar-refractivity contribution in [2.75, 3.05) is 20.8 Å². The molecule has 1 aromatic rings. The van der Waals surface area contributed by atoms with Gasteiger partial charge in [0.2, 0.25) is 5.75 Å². The monoisotopic (exact) mass is 267 g/mol. The Kier molecular flexibility index (Phi) is 5.48. The molecule has 0 fully saturated rings. The number of methoxy groups -OCH3 is 2. The number of ether oxygens (including phenoxy) is 3. The van der Waals surface area contributed by atoms with Crippen LogP contribution in [0.2, 0.25) is 0 Å². The van der Waals surface area contributed by atoms with Crippen LogP contribution in [0.3, 0.4) is 0 Å². The van der Waals surface area contributed by atoms with Gasteiger partial charge in [-0.3, -0.25) is 0 Å². The van der Waals surface area contributed by atoms with Gasteiger partial charge >= 0.3 is 0 Å². The van der Waals surface area contributed by atoms with E-state index in [4.69, 9.17) is 14.2 Å². The van der Waals surface area contributed by atoms with E-state index in [0.717, 1.165) is 6.54 Å². The molecule has 0 saturated carbocycles. The summed E-state index contributed by atoms with van der Waals surface area (Å²) in [6, 6.07) is 5.60. The summed E-state index contributed by atoms with van der Waals surface area (Å²) in [6.45, 7) is 9.16. The summed E-state index contributed by atoms with van der Waals surface area (Å²) >= 11 is 0. The highest BCUT2D eigenvalue weighted by atomic mass is 16.5. The molecule has 1 unspecified atom stereocenters. The Morgan fingerprint density at radius 1 is 1.11 bits per heavy atom. The van der Waals surface area contributed by atoms with Crippen LogP contribution in [0.25, 0.3) is 0 Å². The van der Waals surface area contributed by atoms with Crippen LogP contribution in [0.4, 0.5) is 0 Å². The van der Waals surface area contributed by atoms with Gasteiger partial charge in [0, 0.05) is 12.1 Å². The third-order valence-corrected chi connectivity index (χ3v) is 2.62. The first-order valence-electron chi connectivity index (χ1n) is 6.50. The normalized spacial score (nSPS) is 12.9. The highest BCUT2D eigenvalue weighted by Gasteiger charge is 2.16. The Hall–Kier alpha value is -1.42.